The second kappa shape index (κ2) is 8.38. The molecule has 0 aromatic heterocycles. The summed E-state index contributed by atoms with van der Waals surface area (Å²) >= 11 is 0. The molecule has 0 spiro atoms. The lowest BCUT2D eigenvalue weighted by atomic mass is 10.0. The number of rotatable bonds is 5. The number of nitrogens with zero attached hydrogens (tertiary/aromatic N) is 1. The van der Waals surface area contributed by atoms with Crippen LogP contribution < -0.4 is 5.32 Å². The fourth-order valence-electron chi connectivity index (χ4n) is 3.81. The van der Waals surface area contributed by atoms with Gasteiger partial charge in [0.25, 0.3) is 0 Å². The van der Waals surface area contributed by atoms with Gasteiger partial charge in [-0.05, 0) is 31.9 Å². The Kier molecular flexibility index (Phi) is 6.31. The topological polar surface area (TPSA) is 110 Å². The highest BCUT2D eigenvalue weighted by molar-refractivity contribution is 7.96. The van der Waals surface area contributed by atoms with Gasteiger partial charge in [-0.3, -0.25) is 0 Å². The highest BCUT2D eigenvalue weighted by atomic mass is 32.2. The molecular weight excluding hydrogens is 404 g/mol. The Labute approximate surface area is 166 Å². The van der Waals surface area contributed by atoms with Crippen LogP contribution in [0.15, 0.2) is 35.2 Å². The monoisotopic (exact) mass is 430 g/mol. The van der Waals surface area contributed by atoms with Gasteiger partial charge < -0.3 is 15.0 Å². The molecule has 156 valence electrons. The molecule has 28 heavy (non-hydrogen) atoms. The van der Waals surface area contributed by atoms with Crippen molar-refractivity contribution in [3.63, 3.8) is 0 Å². The molecule has 1 aromatic carbocycles. The van der Waals surface area contributed by atoms with Gasteiger partial charge in [0.1, 0.15) is 0 Å². The van der Waals surface area contributed by atoms with Crippen molar-refractivity contribution in [3.8, 4) is 0 Å². The van der Waals surface area contributed by atoms with E-state index in [9.17, 15) is 21.6 Å². The Morgan fingerprint density at radius 3 is 2.43 bits per heavy atom. The van der Waals surface area contributed by atoms with Gasteiger partial charge >= 0.3 is 6.09 Å². The first kappa shape index (κ1) is 21.1. The van der Waals surface area contributed by atoms with E-state index in [0.29, 0.717) is 32.5 Å². The van der Waals surface area contributed by atoms with Crippen molar-refractivity contribution in [2.45, 2.75) is 42.0 Å². The smallest absolute Gasteiger partial charge is 0.409 e. The summed E-state index contributed by atoms with van der Waals surface area (Å²) < 4.78 is 55.4. The van der Waals surface area contributed by atoms with Gasteiger partial charge in [-0.15, -0.1) is 0 Å². The van der Waals surface area contributed by atoms with Gasteiger partial charge in [0.15, 0.2) is 19.7 Å². The van der Waals surface area contributed by atoms with Crippen LogP contribution in [0.4, 0.5) is 4.79 Å². The van der Waals surface area contributed by atoms with Crippen molar-refractivity contribution in [1.82, 2.24) is 10.2 Å². The zero-order valence-corrected chi connectivity index (χ0v) is 17.4. The highest BCUT2D eigenvalue weighted by Crippen LogP contribution is 2.27. The molecule has 2 heterocycles. The molecule has 2 saturated heterocycles. The summed E-state index contributed by atoms with van der Waals surface area (Å²) in [5.41, 5.74) is 0. The van der Waals surface area contributed by atoms with Crippen LogP contribution in [0.1, 0.15) is 19.8 Å². The summed E-state index contributed by atoms with van der Waals surface area (Å²) in [4.78, 5) is 13.6. The molecule has 0 bridgehead atoms. The molecule has 2 fully saturated rings. The van der Waals surface area contributed by atoms with Crippen LogP contribution in [0.3, 0.4) is 0 Å². The lowest BCUT2D eigenvalue weighted by Gasteiger charge is -2.34. The Balaban J connectivity index is 1.70. The van der Waals surface area contributed by atoms with Crippen LogP contribution in [0, 0.1) is 0 Å². The first-order chi connectivity index (χ1) is 13.2. The lowest BCUT2D eigenvalue weighted by Crippen LogP contribution is -2.52. The maximum atomic E-state index is 13.0. The third-order valence-electron chi connectivity index (χ3n) is 5.24. The number of hydrogen-bond donors (Lipinski definition) is 1. The van der Waals surface area contributed by atoms with E-state index in [2.05, 4.69) is 5.32 Å². The van der Waals surface area contributed by atoms with E-state index in [1.165, 1.54) is 12.1 Å². The zero-order valence-electron chi connectivity index (χ0n) is 15.8. The molecule has 1 amide bonds. The molecule has 0 radical (unpaired) electrons. The average molecular weight is 431 g/mol. The van der Waals surface area contributed by atoms with Crippen LogP contribution >= 0.6 is 0 Å². The van der Waals surface area contributed by atoms with E-state index < -0.39 is 31.0 Å². The van der Waals surface area contributed by atoms with Crippen molar-refractivity contribution in [2.75, 3.05) is 31.2 Å². The fraction of sp³-hybridized carbons (Fsp3) is 0.611. The van der Waals surface area contributed by atoms with Gasteiger partial charge in [-0.1, -0.05) is 18.2 Å². The predicted octanol–water partition coefficient (Wildman–Crippen LogP) is 0.836. The van der Waals surface area contributed by atoms with Crippen LogP contribution in [-0.4, -0.2) is 76.4 Å². The molecule has 1 aromatic rings. The fourth-order valence-corrected chi connectivity index (χ4v) is 8.51. The molecule has 10 heteroatoms. The number of ether oxygens (including phenoxy) is 1. The summed E-state index contributed by atoms with van der Waals surface area (Å²) in [6, 6.07) is 7.27. The maximum absolute atomic E-state index is 13.0. The summed E-state index contributed by atoms with van der Waals surface area (Å²) in [6.07, 6.45) is 0.884. The third kappa shape index (κ3) is 4.66. The Morgan fingerprint density at radius 2 is 1.82 bits per heavy atom. The molecule has 0 unspecified atom stereocenters. The number of hydrogen-bond acceptors (Lipinski definition) is 7. The molecule has 0 aliphatic carbocycles. The number of nitrogens with one attached hydrogen (secondary N) is 1. The number of carbonyl (C=O) groups is 1. The van der Waals surface area contributed by atoms with Crippen LogP contribution in [-0.2, 0) is 24.4 Å². The van der Waals surface area contributed by atoms with Gasteiger partial charge in [-0.25, -0.2) is 21.6 Å². The van der Waals surface area contributed by atoms with E-state index in [0.717, 1.165) is 0 Å². The largest absolute Gasteiger partial charge is 0.450 e. The SMILES string of the molecule is CCOC(=O)N1CCC(N[C@@H]2CS(=O)(=O)C[C@H]2S(=O)(=O)c2ccccc2)CC1. The second-order valence-corrected chi connectivity index (χ2v) is 11.5. The summed E-state index contributed by atoms with van der Waals surface area (Å²) in [5.74, 6) is -0.564. The molecular formula is C18H26N2O6S2. The normalized spacial score (nSPS) is 25.5. The number of piperidine rings is 1. The number of benzene rings is 1. The summed E-state index contributed by atoms with van der Waals surface area (Å²) in [6.45, 7) is 3.05. The van der Waals surface area contributed by atoms with Crippen molar-refractivity contribution < 1.29 is 26.4 Å². The quantitative estimate of drug-likeness (QED) is 0.737. The molecule has 3 rings (SSSR count). The third-order valence-corrected chi connectivity index (χ3v) is 9.41. The van der Waals surface area contributed by atoms with E-state index in [-0.39, 0.29) is 28.5 Å². The maximum Gasteiger partial charge on any atom is 0.409 e. The van der Waals surface area contributed by atoms with Crippen LogP contribution in [0.25, 0.3) is 0 Å². The first-order valence-corrected chi connectivity index (χ1v) is 12.8. The number of likely N-dealkylation sites (tertiary alicyclic amines) is 1. The zero-order chi connectivity index (χ0) is 20.4. The highest BCUT2D eigenvalue weighted by Gasteiger charge is 2.46. The van der Waals surface area contributed by atoms with Gasteiger partial charge in [0, 0.05) is 25.2 Å². The minimum absolute atomic E-state index is 0.0440. The molecule has 0 saturated carbocycles. The molecule has 2 aliphatic rings. The Bertz CT molecular complexity index is 893. The summed E-state index contributed by atoms with van der Waals surface area (Å²) in [5, 5.41) is 2.24. The molecule has 8 nitrogen and oxygen atoms in total. The van der Waals surface area contributed by atoms with Crippen molar-refractivity contribution >= 4 is 25.8 Å². The molecule has 2 aliphatic heterocycles. The Morgan fingerprint density at radius 1 is 1.18 bits per heavy atom. The number of amides is 1. The molecule has 2 atom stereocenters. The molecule has 1 N–H and O–H groups in total. The second-order valence-electron chi connectivity index (χ2n) is 7.21. The van der Waals surface area contributed by atoms with Crippen LogP contribution in [0.2, 0.25) is 0 Å². The Hall–Kier alpha value is -1.65. The van der Waals surface area contributed by atoms with Gasteiger partial charge in [0.05, 0.1) is 28.3 Å². The minimum Gasteiger partial charge on any atom is -0.450 e. The minimum atomic E-state index is -3.77. The van der Waals surface area contributed by atoms with E-state index in [4.69, 9.17) is 4.74 Å². The summed E-state index contributed by atoms with van der Waals surface area (Å²) in [7, 11) is -7.21. The van der Waals surface area contributed by atoms with Gasteiger partial charge in [0.2, 0.25) is 0 Å². The van der Waals surface area contributed by atoms with E-state index >= 15 is 0 Å². The predicted molar refractivity (Wildman–Crippen MR) is 105 cm³/mol. The van der Waals surface area contributed by atoms with Crippen LogP contribution in [0.5, 0.6) is 0 Å². The number of carbonyl (C=O) groups excluding carboxylic acids is 1. The lowest BCUT2D eigenvalue weighted by molar-refractivity contribution is 0.0945. The van der Waals surface area contributed by atoms with Crippen molar-refractivity contribution in [2.24, 2.45) is 0 Å². The average Bonchev–Trinajstić information content (AvgIpc) is 2.98. The number of sulfone groups is 2. The van der Waals surface area contributed by atoms with Crippen molar-refractivity contribution in [3.05, 3.63) is 30.3 Å². The van der Waals surface area contributed by atoms with Crippen molar-refractivity contribution in [1.29, 1.82) is 0 Å². The van der Waals surface area contributed by atoms with E-state index in [1.807, 2.05) is 0 Å². The van der Waals surface area contributed by atoms with E-state index in [1.54, 1.807) is 30.0 Å². The first-order valence-electron chi connectivity index (χ1n) is 9.40. The standard InChI is InChI=1S/C18H26N2O6S2/c1-2-26-18(21)20-10-8-14(9-11-20)19-16-12-27(22,23)13-17(16)28(24,25)15-6-4-3-5-7-15/h3-7,14,16-17,19H,2,8-13H2,1H3/t16-,17-/m1/s1. The van der Waals surface area contributed by atoms with Gasteiger partial charge in [-0.2, -0.15) is 0 Å².